The summed E-state index contributed by atoms with van der Waals surface area (Å²) in [7, 11) is 0. The number of carbonyl (C=O) groups is 4. The van der Waals surface area contributed by atoms with E-state index >= 15 is 0 Å². The molecule has 4 amide bonds. The summed E-state index contributed by atoms with van der Waals surface area (Å²) >= 11 is 5.06. The Morgan fingerprint density at radius 3 is 1.14 bits per heavy atom. The van der Waals surface area contributed by atoms with Crippen LogP contribution in [0.5, 0.6) is 0 Å². The summed E-state index contributed by atoms with van der Waals surface area (Å²) in [5.41, 5.74) is 0.885. The molecule has 5 heterocycles. The number of nitrogens with zero attached hydrogens (tertiary/aromatic N) is 4. The molecule has 0 spiro atoms. The van der Waals surface area contributed by atoms with Crippen molar-refractivity contribution in [1.29, 1.82) is 0 Å². The van der Waals surface area contributed by atoms with Crippen molar-refractivity contribution in [3.63, 3.8) is 0 Å². The molecule has 4 aromatic rings. The van der Waals surface area contributed by atoms with Crippen molar-refractivity contribution >= 4 is 69.0 Å². The Morgan fingerprint density at radius 1 is 0.524 bits per heavy atom. The molecule has 42 heavy (non-hydrogen) atoms. The third kappa shape index (κ3) is 6.40. The number of carbonyl (C=O) groups excluding carboxylic acids is 4. The van der Waals surface area contributed by atoms with Crippen LogP contribution in [0.15, 0.2) is 21.5 Å². The van der Waals surface area contributed by atoms with Crippen LogP contribution in [0.1, 0.15) is 121 Å². The Hall–Kier alpha value is -3.60. The van der Waals surface area contributed by atoms with E-state index in [1.54, 1.807) is 42.3 Å². The highest BCUT2D eigenvalue weighted by molar-refractivity contribution is 7.10. The summed E-state index contributed by atoms with van der Waals surface area (Å²) in [6.45, 7) is 9.23. The molecule has 0 saturated heterocycles. The van der Waals surface area contributed by atoms with Gasteiger partial charge in [-0.15, -0.1) is 45.3 Å². The fourth-order valence-corrected chi connectivity index (χ4v) is 7.47. The predicted molar refractivity (Wildman–Crippen MR) is 161 cm³/mol. The first kappa shape index (κ1) is 29.9. The Labute approximate surface area is 257 Å². The number of fused-ring (bicyclic) bond motifs is 8. The molecule has 4 atom stereocenters. The zero-order valence-corrected chi connectivity index (χ0v) is 26.5. The molecule has 4 aromatic heterocycles. The smallest absolute Gasteiger partial charge is 0.271 e. The highest BCUT2D eigenvalue weighted by atomic mass is 32.1. The number of thiazole rings is 4. The van der Waals surface area contributed by atoms with Crippen molar-refractivity contribution in [2.24, 2.45) is 5.92 Å². The monoisotopic (exact) mass is 644 g/mol. The fraction of sp³-hybridized carbons (Fsp3) is 0.385. The molecule has 1 aliphatic rings. The van der Waals surface area contributed by atoms with Crippen molar-refractivity contribution in [3.8, 4) is 0 Å². The van der Waals surface area contributed by atoms with Crippen molar-refractivity contribution in [2.45, 2.75) is 58.8 Å². The van der Waals surface area contributed by atoms with E-state index in [9.17, 15) is 19.2 Å². The van der Waals surface area contributed by atoms with Gasteiger partial charge in [-0.1, -0.05) is 13.8 Å². The van der Waals surface area contributed by atoms with E-state index in [0.717, 1.165) is 0 Å². The average Bonchev–Trinajstić information content (AvgIpc) is 3.76. The van der Waals surface area contributed by atoms with Crippen LogP contribution in [0.25, 0.3) is 0 Å². The number of nitrogens with one attached hydrogen (secondary N) is 4. The Balaban J connectivity index is 1.45. The van der Waals surface area contributed by atoms with Crippen molar-refractivity contribution in [2.75, 3.05) is 0 Å². The van der Waals surface area contributed by atoms with Gasteiger partial charge in [-0.3, -0.25) is 19.2 Å². The molecule has 5 rings (SSSR count). The lowest BCUT2D eigenvalue weighted by Crippen LogP contribution is -2.32. The summed E-state index contributed by atoms with van der Waals surface area (Å²) in [4.78, 5) is 69.8. The van der Waals surface area contributed by atoms with Gasteiger partial charge < -0.3 is 21.3 Å². The molecule has 4 N–H and O–H groups in total. The topological polar surface area (TPSA) is 168 Å². The number of rotatable bonds is 1. The molecular formula is C26H28N8O4S4. The second kappa shape index (κ2) is 12.3. The lowest BCUT2D eigenvalue weighted by Gasteiger charge is -2.19. The van der Waals surface area contributed by atoms with Crippen molar-refractivity contribution in [3.05, 3.63) is 64.3 Å². The highest BCUT2D eigenvalue weighted by Crippen LogP contribution is 2.27. The van der Waals surface area contributed by atoms with Crippen LogP contribution in [0.2, 0.25) is 0 Å². The molecule has 0 aromatic carbocycles. The summed E-state index contributed by atoms with van der Waals surface area (Å²) in [5, 5.41) is 20.4. The fourth-order valence-electron chi connectivity index (χ4n) is 4.03. The van der Waals surface area contributed by atoms with E-state index in [1.165, 1.54) is 45.3 Å². The van der Waals surface area contributed by atoms with Crippen LogP contribution >= 0.6 is 45.3 Å². The minimum absolute atomic E-state index is 0.0181. The Bertz CT molecular complexity index is 1640. The molecule has 220 valence electrons. The van der Waals surface area contributed by atoms with E-state index < -0.39 is 30.1 Å². The molecule has 0 fully saturated rings. The first-order chi connectivity index (χ1) is 20.0. The van der Waals surface area contributed by atoms with Gasteiger partial charge in [0.1, 0.15) is 42.8 Å². The molecule has 12 nitrogen and oxygen atoms in total. The highest BCUT2D eigenvalue weighted by Gasteiger charge is 2.27. The third-order valence-electron chi connectivity index (χ3n) is 6.39. The molecular weight excluding hydrogens is 617 g/mol. The maximum Gasteiger partial charge on any atom is 0.271 e. The molecule has 1 aliphatic heterocycles. The molecule has 0 saturated carbocycles. The van der Waals surface area contributed by atoms with Crippen LogP contribution in [0.4, 0.5) is 0 Å². The van der Waals surface area contributed by atoms with E-state index in [4.69, 9.17) is 0 Å². The Kier molecular flexibility index (Phi) is 8.77. The maximum atomic E-state index is 13.2. The standard InChI is InChI=1S/C26H28N8O4S4/c1-10(2)18-26-33-16(9-42-26)21(37)29-12(4)24-31-14(7-40-24)19(35)27-11(3)23-30-15(6-39-23)20(36)28-13(5)25-32-17(8-41-25)22(38)34-18/h6-13,18H,1-5H3,(H,27,35)(H,28,36)(H,29,37)(H,34,38)/t11-,12-,13-,18-/m0/s1. The average molecular weight is 645 g/mol. The quantitative estimate of drug-likeness (QED) is 0.236. The first-order valence-electron chi connectivity index (χ1n) is 13.0. The SMILES string of the molecule is CC(C)[C@@H]1NC(=O)c2csc(n2)[C@H](C)NC(=O)c2csc(n2)[C@H](C)NC(=O)c2csc(n2)[C@H](C)NC(=O)c2csc1n2. The summed E-state index contributed by atoms with van der Waals surface area (Å²) < 4.78 is 0. The van der Waals surface area contributed by atoms with Crippen LogP contribution in [0.3, 0.4) is 0 Å². The minimum Gasteiger partial charge on any atom is -0.342 e. The predicted octanol–water partition coefficient (Wildman–Crippen LogP) is 4.43. The van der Waals surface area contributed by atoms with Crippen LogP contribution in [-0.2, 0) is 0 Å². The molecule has 16 heteroatoms. The van der Waals surface area contributed by atoms with Gasteiger partial charge in [0.2, 0.25) is 0 Å². The normalized spacial score (nSPS) is 22.1. The van der Waals surface area contributed by atoms with E-state index in [-0.39, 0.29) is 46.4 Å². The van der Waals surface area contributed by atoms with Gasteiger partial charge in [-0.25, -0.2) is 19.9 Å². The van der Waals surface area contributed by atoms with E-state index in [2.05, 4.69) is 41.2 Å². The molecule has 8 bridgehead atoms. The van der Waals surface area contributed by atoms with Gasteiger partial charge in [0.15, 0.2) is 0 Å². The van der Waals surface area contributed by atoms with Gasteiger partial charge in [-0.05, 0) is 26.7 Å². The van der Waals surface area contributed by atoms with Gasteiger partial charge in [-0.2, -0.15) is 0 Å². The van der Waals surface area contributed by atoms with Gasteiger partial charge in [0, 0.05) is 21.5 Å². The number of hydrogen-bond donors (Lipinski definition) is 4. The van der Waals surface area contributed by atoms with Crippen LogP contribution in [0, 0.1) is 5.92 Å². The molecule has 0 radical (unpaired) electrons. The third-order valence-corrected chi connectivity index (χ3v) is 10.4. The molecule has 0 aliphatic carbocycles. The van der Waals surface area contributed by atoms with E-state index in [1.807, 2.05) is 13.8 Å². The van der Waals surface area contributed by atoms with Crippen molar-refractivity contribution in [1.82, 2.24) is 41.2 Å². The van der Waals surface area contributed by atoms with E-state index in [0.29, 0.717) is 20.0 Å². The second-order valence-electron chi connectivity index (χ2n) is 10.1. The summed E-state index contributed by atoms with van der Waals surface area (Å²) in [6, 6.07) is -1.86. The van der Waals surface area contributed by atoms with Gasteiger partial charge in [0.05, 0.1) is 24.2 Å². The number of aromatic nitrogens is 4. The van der Waals surface area contributed by atoms with Crippen LogP contribution < -0.4 is 21.3 Å². The lowest BCUT2D eigenvalue weighted by molar-refractivity contribution is 0.0917. The minimum atomic E-state index is -0.473. The second-order valence-corrected chi connectivity index (χ2v) is 13.6. The maximum absolute atomic E-state index is 13.2. The number of amides is 4. The summed E-state index contributed by atoms with van der Waals surface area (Å²) in [5.74, 6) is -1.56. The zero-order valence-electron chi connectivity index (χ0n) is 23.3. The largest absolute Gasteiger partial charge is 0.342 e. The van der Waals surface area contributed by atoms with Crippen LogP contribution in [-0.4, -0.2) is 43.6 Å². The van der Waals surface area contributed by atoms with Gasteiger partial charge >= 0.3 is 0 Å². The zero-order chi connectivity index (χ0) is 30.1. The molecule has 0 unspecified atom stereocenters. The van der Waals surface area contributed by atoms with Crippen molar-refractivity contribution < 1.29 is 19.2 Å². The first-order valence-corrected chi connectivity index (χ1v) is 16.6. The summed E-state index contributed by atoms with van der Waals surface area (Å²) in [6.07, 6.45) is 0. The number of hydrogen-bond acceptors (Lipinski definition) is 12. The Morgan fingerprint density at radius 2 is 0.810 bits per heavy atom. The lowest BCUT2D eigenvalue weighted by atomic mass is 10.1. The van der Waals surface area contributed by atoms with Gasteiger partial charge in [0.25, 0.3) is 23.6 Å².